The molecule has 0 saturated heterocycles. The molecular formula is C8H13NO2. The molecule has 2 aliphatic carbocycles. The third kappa shape index (κ3) is 0.798. The van der Waals surface area contributed by atoms with E-state index in [2.05, 4.69) is 0 Å². The van der Waals surface area contributed by atoms with Gasteiger partial charge in [0.2, 0.25) is 5.54 Å². The van der Waals surface area contributed by atoms with Crippen LogP contribution in [0.2, 0.25) is 0 Å². The molecule has 2 rings (SSSR count). The van der Waals surface area contributed by atoms with Gasteiger partial charge in [0.1, 0.15) is 0 Å². The van der Waals surface area contributed by atoms with Gasteiger partial charge in [-0.1, -0.05) is 0 Å². The first-order chi connectivity index (χ1) is 5.13. The van der Waals surface area contributed by atoms with E-state index < -0.39 is 5.54 Å². The Balaban J connectivity index is 2.23. The van der Waals surface area contributed by atoms with Crippen LogP contribution in [0, 0.1) is 22.0 Å². The van der Waals surface area contributed by atoms with Gasteiger partial charge in [0.25, 0.3) is 0 Å². The van der Waals surface area contributed by atoms with E-state index in [0.717, 1.165) is 19.3 Å². The second kappa shape index (κ2) is 1.96. The molecule has 11 heavy (non-hydrogen) atoms. The number of rotatable bonds is 1. The maximum absolute atomic E-state index is 10.7. The van der Waals surface area contributed by atoms with E-state index in [9.17, 15) is 10.1 Å². The molecule has 3 heteroatoms. The van der Waals surface area contributed by atoms with Crippen LogP contribution in [0.15, 0.2) is 0 Å². The van der Waals surface area contributed by atoms with Crippen molar-refractivity contribution in [2.24, 2.45) is 11.8 Å². The average molecular weight is 155 g/mol. The largest absolute Gasteiger partial charge is 0.264 e. The molecular weight excluding hydrogens is 142 g/mol. The fourth-order valence-corrected chi connectivity index (χ4v) is 2.80. The molecule has 3 unspecified atom stereocenters. The molecule has 3 atom stereocenters. The second-order valence-electron chi connectivity index (χ2n) is 4.19. The van der Waals surface area contributed by atoms with Gasteiger partial charge in [-0.05, 0) is 25.2 Å². The van der Waals surface area contributed by atoms with Crippen LogP contribution in [0.4, 0.5) is 0 Å². The van der Waals surface area contributed by atoms with Crippen molar-refractivity contribution in [3.8, 4) is 0 Å². The molecule has 0 aromatic rings. The van der Waals surface area contributed by atoms with Gasteiger partial charge in [0.15, 0.2) is 0 Å². The van der Waals surface area contributed by atoms with Crippen LogP contribution in [-0.2, 0) is 0 Å². The third-order valence-corrected chi connectivity index (χ3v) is 3.54. The van der Waals surface area contributed by atoms with E-state index in [4.69, 9.17) is 0 Å². The Morgan fingerprint density at radius 3 is 2.55 bits per heavy atom. The Bertz CT molecular complexity index is 204. The van der Waals surface area contributed by atoms with Crippen molar-refractivity contribution in [3.63, 3.8) is 0 Å². The molecule has 0 N–H and O–H groups in total. The quantitative estimate of drug-likeness (QED) is 0.428. The van der Waals surface area contributed by atoms with Crippen LogP contribution in [0.3, 0.4) is 0 Å². The normalized spacial score (nSPS) is 48.1. The van der Waals surface area contributed by atoms with Crippen LogP contribution in [0.25, 0.3) is 0 Å². The lowest BCUT2D eigenvalue weighted by Crippen LogP contribution is -2.40. The zero-order valence-corrected chi connectivity index (χ0v) is 6.75. The minimum Gasteiger partial charge on any atom is -0.264 e. The van der Waals surface area contributed by atoms with E-state index in [-0.39, 0.29) is 4.92 Å². The van der Waals surface area contributed by atoms with Crippen LogP contribution < -0.4 is 0 Å². The van der Waals surface area contributed by atoms with Crippen LogP contribution >= 0.6 is 0 Å². The van der Waals surface area contributed by atoms with Gasteiger partial charge in [0, 0.05) is 24.2 Å². The lowest BCUT2D eigenvalue weighted by molar-refractivity contribution is -0.574. The number of hydrogen-bond acceptors (Lipinski definition) is 2. The molecule has 0 heterocycles. The predicted octanol–water partition coefficient (Wildman–Crippen LogP) is 1.84. The molecule has 0 aromatic carbocycles. The zero-order chi connectivity index (χ0) is 8.06. The molecule has 3 nitrogen and oxygen atoms in total. The lowest BCUT2D eigenvalue weighted by atomic mass is 9.83. The molecule has 2 fully saturated rings. The summed E-state index contributed by atoms with van der Waals surface area (Å²) in [6, 6.07) is 0. The Morgan fingerprint density at radius 2 is 2.27 bits per heavy atom. The Kier molecular flexibility index (Phi) is 1.26. The minimum atomic E-state index is -0.567. The molecule has 0 aromatic heterocycles. The summed E-state index contributed by atoms with van der Waals surface area (Å²) in [5.74, 6) is 1.04. The summed E-state index contributed by atoms with van der Waals surface area (Å²) >= 11 is 0. The van der Waals surface area contributed by atoms with Crippen molar-refractivity contribution < 1.29 is 4.92 Å². The molecule has 0 amide bonds. The van der Waals surface area contributed by atoms with Gasteiger partial charge >= 0.3 is 0 Å². The summed E-state index contributed by atoms with van der Waals surface area (Å²) in [6.07, 6.45) is 4.25. The third-order valence-electron chi connectivity index (χ3n) is 3.54. The van der Waals surface area contributed by atoms with Crippen LogP contribution in [0.5, 0.6) is 0 Å². The number of hydrogen-bond donors (Lipinski definition) is 0. The predicted molar refractivity (Wildman–Crippen MR) is 40.8 cm³/mol. The average Bonchev–Trinajstić information content (AvgIpc) is 2.45. The Hall–Kier alpha value is -0.600. The summed E-state index contributed by atoms with van der Waals surface area (Å²) < 4.78 is 0. The Labute approximate surface area is 65.9 Å². The van der Waals surface area contributed by atoms with Gasteiger partial charge in [0.05, 0.1) is 0 Å². The molecule has 2 bridgehead atoms. The van der Waals surface area contributed by atoms with Crippen molar-refractivity contribution in [1.82, 2.24) is 0 Å². The zero-order valence-electron chi connectivity index (χ0n) is 6.75. The number of nitro groups is 1. The van der Waals surface area contributed by atoms with Crippen molar-refractivity contribution in [2.75, 3.05) is 0 Å². The van der Waals surface area contributed by atoms with E-state index in [1.807, 2.05) is 6.92 Å². The first-order valence-corrected chi connectivity index (χ1v) is 4.27. The summed E-state index contributed by atoms with van der Waals surface area (Å²) in [4.78, 5) is 10.7. The fourth-order valence-electron chi connectivity index (χ4n) is 2.80. The molecule has 2 aliphatic rings. The van der Waals surface area contributed by atoms with Gasteiger partial charge in [-0.3, -0.25) is 10.1 Å². The monoisotopic (exact) mass is 155 g/mol. The molecule has 0 radical (unpaired) electrons. The maximum atomic E-state index is 10.7. The van der Waals surface area contributed by atoms with Gasteiger partial charge < -0.3 is 0 Å². The highest BCUT2D eigenvalue weighted by Gasteiger charge is 2.56. The van der Waals surface area contributed by atoms with Gasteiger partial charge in [-0.25, -0.2) is 0 Å². The fraction of sp³-hybridized carbons (Fsp3) is 1.00. The van der Waals surface area contributed by atoms with Crippen LogP contribution in [-0.4, -0.2) is 10.5 Å². The van der Waals surface area contributed by atoms with Crippen molar-refractivity contribution in [1.29, 1.82) is 0 Å². The van der Waals surface area contributed by atoms with E-state index in [1.165, 1.54) is 6.42 Å². The SMILES string of the molecule is CC1([N+](=O)[O-])CC2CCC1C2. The van der Waals surface area contributed by atoms with Crippen LogP contribution in [0.1, 0.15) is 32.6 Å². The first kappa shape index (κ1) is 7.07. The summed E-state index contributed by atoms with van der Waals surface area (Å²) in [5, 5.41) is 10.7. The molecule has 2 saturated carbocycles. The minimum absolute atomic E-state index is 0.0587. The van der Waals surface area contributed by atoms with Crippen molar-refractivity contribution in [2.45, 2.75) is 38.1 Å². The van der Waals surface area contributed by atoms with E-state index in [1.54, 1.807) is 0 Å². The maximum Gasteiger partial charge on any atom is 0.222 e. The lowest BCUT2D eigenvalue weighted by Gasteiger charge is -2.24. The summed E-state index contributed by atoms with van der Waals surface area (Å²) in [6.45, 7) is 1.82. The Morgan fingerprint density at radius 1 is 1.55 bits per heavy atom. The van der Waals surface area contributed by atoms with Crippen molar-refractivity contribution >= 4 is 0 Å². The highest BCUT2D eigenvalue weighted by molar-refractivity contribution is 4.98. The topological polar surface area (TPSA) is 43.1 Å². The van der Waals surface area contributed by atoms with E-state index >= 15 is 0 Å². The van der Waals surface area contributed by atoms with Gasteiger partial charge in [-0.2, -0.15) is 0 Å². The number of nitrogens with zero attached hydrogens (tertiary/aromatic N) is 1. The van der Waals surface area contributed by atoms with Gasteiger partial charge in [-0.15, -0.1) is 0 Å². The summed E-state index contributed by atoms with van der Waals surface area (Å²) in [5.41, 5.74) is -0.567. The first-order valence-electron chi connectivity index (χ1n) is 4.27. The molecule has 62 valence electrons. The highest BCUT2D eigenvalue weighted by atomic mass is 16.6. The smallest absolute Gasteiger partial charge is 0.222 e. The van der Waals surface area contributed by atoms with Crippen molar-refractivity contribution in [3.05, 3.63) is 10.1 Å². The standard InChI is InChI=1S/C8H13NO2/c1-8(9(10)11)5-6-2-3-7(8)4-6/h6-7H,2-5H2,1H3. The number of fused-ring (bicyclic) bond motifs is 2. The van der Waals surface area contributed by atoms with E-state index in [0.29, 0.717) is 11.8 Å². The summed E-state index contributed by atoms with van der Waals surface area (Å²) in [7, 11) is 0. The highest BCUT2D eigenvalue weighted by Crippen LogP contribution is 2.51. The second-order valence-corrected chi connectivity index (χ2v) is 4.19. The molecule has 0 spiro atoms. The molecule has 0 aliphatic heterocycles.